The Kier molecular flexibility index (Phi) is 7.01. The van der Waals surface area contributed by atoms with Gasteiger partial charge in [0, 0.05) is 23.6 Å². The van der Waals surface area contributed by atoms with Crippen LogP contribution in [0.1, 0.15) is 17.2 Å². The molecule has 0 aliphatic rings. The third-order valence-corrected chi connectivity index (χ3v) is 4.05. The average Bonchev–Trinajstić information content (AvgIpc) is 2.66. The summed E-state index contributed by atoms with van der Waals surface area (Å²) in [7, 11) is 5.94. The fourth-order valence-electron chi connectivity index (χ4n) is 2.70. The second-order valence-corrected chi connectivity index (χ2v) is 5.82. The van der Waals surface area contributed by atoms with Crippen LogP contribution in [0.2, 0.25) is 0 Å². The first kappa shape index (κ1) is 20.5. The molecule has 0 fully saturated rings. The summed E-state index contributed by atoms with van der Waals surface area (Å²) in [6.45, 7) is 0. The number of carbonyl (C=O) groups excluding carboxylic acids is 1. The van der Waals surface area contributed by atoms with E-state index in [1.54, 1.807) is 24.3 Å². The Bertz CT molecular complexity index is 782. The van der Waals surface area contributed by atoms with E-state index in [0.717, 1.165) is 0 Å². The van der Waals surface area contributed by atoms with E-state index in [1.165, 1.54) is 34.5 Å². The minimum absolute atomic E-state index is 0.0177. The second-order valence-electron chi connectivity index (χ2n) is 5.51. The Morgan fingerprint density at radius 2 is 1.56 bits per heavy atom. The lowest BCUT2D eigenvalue weighted by molar-refractivity contribution is 0.121. The van der Waals surface area contributed by atoms with Gasteiger partial charge in [-0.3, -0.25) is 0 Å². The molecular weight excluding hydrogens is 376 g/mol. The molecule has 146 valence electrons. The Hall–Kier alpha value is -2.80. The topological polar surface area (TPSA) is 83.5 Å². The molecule has 2 aromatic rings. The molecule has 2 rings (SSSR count). The number of hydrogen-bond acceptors (Lipinski definition) is 7. The van der Waals surface area contributed by atoms with Crippen LogP contribution in [0, 0.1) is 0 Å². The van der Waals surface area contributed by atoms with Crippen LogP contribution < -0.4 is 18.9 Å². The molecule has 0 aromatic heterocycles. The van der Waals surface area contributed by atoms with Gasteiger partial charge in [-0.25, -0.2) is 4.79 Å². The predicted octanol–water partition coefficient (Wildman–Crippen LogP) is 4.09. The molecule has 0 heterocycles. The molecule has 1 atom stereocenters. The van der Waals surface area contributed by atoms with E-state index in [9.17, 15) is 9.90 Å². The molecule has 27 heavy (non-hydrogen) atoms. The van der Waals surface area contributed by atoms with Crippen molar-refractivity contribution in [2.45, 2.75) is 12.5 Å². The highest BCUT2D eigenvalue weighted by Crippen LogP contribution is 2.41. The predicted molar refractivity (Wildman–Crippen MR) is 99.5 cm³/mol. The molecule has 0 saturated heterocycles. The van der Waals surface area contributed by atoms with Gasteiger partial charge in [-0.05, 0) is 29.8 Å². The van der Waals surface area contributed by atoms with Crippen LogP contribution in [0.4, 0.5) is 4.79 Å². The van der Waals surface area contributed by atoms with Gasteiger partial charge < -0.3 is 28.8 Å². The van der Waals surface area contributed by atoms with Gasteiger partial charge in [0.1, 0.15) is 6.10 Å². The van der Waals surface area contributed by atoms with E-state index in [-0.39, 0.29) is 12.2 Å². The molecule has 0 saturated carbocycles. The normalized spacial score (nSPS) is 11.4. The number of carbonyl (C=O) groups is 1. The van der Waals surface area contributed by atoms with Gasteiger partial charge in [-0.1, -0.05) is 6.07 Å². The maximum absolute atomic E-state index is 11.4. The molecule has 2 aromatic carbocycles. The van der Waals surface area contributed by atoms with E-state index in [0.29, 0.717) is 34.1 Å². The molecule has 0 amide bonds. The van der Waals surface area contributed by atoms with Crippen molar-refractivity contribution < 1.29 is 33.6 Å². The van der Waals surface area contributed by atoms with Crippen molar-refractivity contribution in [3.05, 3.63) is 41.5 Å². The van der Waals surface area contributed by atoms with Crippen LogP contribution in [0.25, 0.3) is 0 Å². The maximum atomic E-state index is 11.4. The molecule has 0 radical (unpaired) electrons. The smallest absolute Gasteiger partial charge is 0.404 e. The van der Waals surface area contributed by atoms with Crippen molar-refractivity contribution in [2.24, 2.45) is 0 Å². The van der Waals surface area contributed by atoms with Gasteiger partial charge in [0.2, 0.25) is 5.75 Å². The van der Waals surface area contributed by atoms with Crippen LogP contribution in [-0.4, -0.2) is 39.0 Å². The van der Waals surface area contributed by atoms with Crippen molar-refractivity contribution in [2.75, 3.05) is 28.4 Å². The zero-order chi connectivity index (χ0) is 20.0. The van der Waals surface area contributed by atoms with Gasteiger partial charge in [0.05, 0.1) is 28.4 Å². The van der Waals surface area contributed by atoms with E-state index in [4.69, 9.17) is 35.3 Å². The maximum Gasteiger partial charge on any atom is 0.404 e. The minimum atomic E-state index is -0.952. The summed E-state index contributed by atoms with van der Waals surface area (Å²) in [5.41, 5.74) is 0.352. The third kappa shape index (κ3) is 4.89. The Morgan fingerprint density at radius 3 is 2.00 bits per heavy atom. The fourth-order valence-corrected chi connectivity index (χ4v) is 2.81. The second kappa shape index (κ2) is 9.23. The van der Waals surface area contributed by atoms with Crippen molar-refractivity contribution in [1.82, 2.24) is 0 Å². The Labute approximate surface area is 162 Å². The van der Waals surface area contributed by atoms with Gasteiger partial charge in [0.25, 0.3) is 0 Å². The summed E-state index contributed by atoms with van der Waals surface area (Å²) in [5, 5.41) is 9.97. The summed E-state index contributed by atoms with van der Waals surface area (Å²) >= 11 is 5.46. The van der Waals surface area contributed by atoms with E-state index >= 15 is 0 Å². The molecule has 7 nitrogen and oxygen atoms in total. The van der Waals surface area contributed by atoms with Crippen LogP contribution in [0.15, 0.2) is 30.3 Å². The quantitative estimate of drug-likeness (QED) is 0.673. The summed E-state index contributed by atoms with van der Waals surface area (Å²) in [4.78, 5) is 11.4. The minimum Gasteiger partial charge on any atom is -0.504 e. The van der Waals surface area contributed by atoms with Gasteiger partial charge in [0.15, 0.2) is 23.0 Å². The molecule has 0 unspecified atom stereocenters. The van der Waals surface area contributed by atoms with Crippen molar-refractivity contribution in [1.29, 1.82) is 0 Å². The molecule has 0 aliphatic heterocycles. The zero-order valence-electron chi connectivity index (χ0n) is 15.4. The highest BCUT2D eigenvalue weighted by Gasteiger charge is 2.22. The van der Waals surface area contributed by atoms with Crippen molar-refractivity contribution >= 4 is 17.0 Å². The van der Waals surface area contributed by atoms with Crippen LogP contribution in [-0.2, 0) is 11.2 Å². The highest BCUT2D eigenvalue weighted by molar-refractivity contribution is 6.61. The molecule has 0 aliphatic carbocycles. The standard InChI is InChI=1S/C19H21ClO7/c1-23-14-6-5-11(7-13(14)21)8-15(27-19(20)22)12-9-16(24-2)18(26-4)17(10-12)25-3/h5-7,9-10,15,21H,8H2,1-4H3/t15-/m1/s1. The lowest BCUT2D eigenvalue weighted by atomic mass is 10.00. The van der Waals surface area contributed by atoms with Crippen LogP contribution in [0.5, 0.6) is 28.7 Å². The molecule has 0 spiro atoms. The van der Waals surface area contributed by atoms with E-state index in [2.05, 4.69) is 0 Å². The number of phenolic OH excluding ortho intramolecular Hbond substituents is 1. The zero-order valence-corrected chi connectivity index (χ0v) is 16.2. The largest absolute Gasteiger partial charge is 0.504 e. The van der Waals surface area contributed by atoms with Crippen molar-refractivity contribution in [3.63, 3.8) is 0 Å². The SMILES string of the molecule is COc1ccc(C[C@@H](OC(=O)Cl)c2cc(OC)c(OC)c(OC)c2)cc1O. The number of hydrogen-bond donors (Lipinski definition) is 1. The number of methoxy groups -OCH3 is 4. The summed E-state index contributed by atoms with van der Waals surface area (Å²) in [6, 6.07) is 8.27. The van der Waals surface area contributed by atoms with E-state index < -0.39 is 11.5 Å². The number of benzene rings is 2. The van der Waals surface area contributed by atoms with E-state index in [1.807, 2.05) is 0 Å². The lowest BCUT2D eigenvalue weighted by Crippen LogP contribution is -2.10. The number of ether oxygens (including phenoxy) is 5. The van der Waals surface area contributed by atoms with Crippen molar-refractivity contribution in [3.8, 4) is 28.7 Å². The fraction of sp³-hybridized carbons (Fsp3) is 0.316. The monoisotopic (exact) mass is 396 g/mol. The van der Waals surface area contributed by atoms with Crippen LogP contribution >= 0.6 is 11.6 Å². The molecule has 8 heteroatoms. The number of rotatable bonds is 8. The molecule has 1 N–H and O–H groups in total. The molecular formula is C19H21ClO7. The third-order valence-electron chi connectivity index (χ3n) is 3.96. The van der Waals surface area contributed by atoms with Gasteiger partial charge >= 0.3 is 5.43 Å². The van der Waals surface area contributed by atoms with Gasteiger partial charge in [-0.15, -0.1) is 0 Å². The lowest BCUT2D eigenvalue weighted by Gasteiger charge is -2.20. The van der Waals surface area contributed by atoms with Crippen LogP contribution in [0.3, 0.4) is 0 Å². The Morgan fingerprint density at radius 1 is 0.963 bits per heavy atom. The summed E-state index contributed by atoms with van der Waals surface area (Å²) < 4.78 is 26.3. The number of aromatic hydroxyl groups is 1. The number of phenols is 1. The summed E-state index contributed by atoms with van der Waals surface area (Å²) in [6.07, 6.45) is -0.481. The van der Waals surface area contributed by atoms with Gasteiger partial charge in [-0.2, -0.15) is 0 Å². The first-order chi connectivity index (χ1) is 12.9. The summed E-state index contributed by atoms with van der Waals surface area (Å²) in [5.74, 6) is 1.58. The first-order valence-electron chi connectivity index (χ1n) is 7.95. The number of halogens is 1. The highest BCUT2D eigenvalue weighted by atomic mass is 35.5. The molecule has 0 bridgehead atoms. The Balaban J connectivity index is 2.44. The average molecular weight is 397 g/mol. The first-order valence-corrected chi connectivity index (χ1v) is 8.33.